The lowest BCUT2D eigenvalue weighted by atomic mass is 9.89. The van der Waals surface area contributed by atoms with Gasteiger partial charge < -0.3 is 14.9 Å². The number of amidine groups is 1. The number of amides is 2. The predicted octanol–water partition coefficient (Wildman–Crippen LogP) is 4.62. The van der Waals surface area contributed by atoms with E-state index in [0.717, 1.165) is 5.57 Å². The summed E-state index contributed by atoms with van der Waals surface area (Å²) in [4.78, 5) is 43.9. The fourth-order valence-corrected chi connectivity index (χ4v) is 5.85. The second-order valence-electron chi connectivity index (χ2n) is 11.1. The minimum absolute atomic E-state index is 0.0426. The number of nitrogens with zero attached hydrogens (tertiary/aromatic N) is 6. The number of carbonyl (C=O) groups excluding carboxylic acids is 2. The fourth-order valence-electron chi connectivity index (χ4n) is 5.85. The minimum Gasteiger partial charge on any atom is -0.511 e. The summed E-state index contributed by atoms with van der Waals surface area (Å²) in [5, 5.41) is 10.6. The molecule has 3 aliphatic rings. The van der Waals surface area contributed by atoms with E-state index in [1.165, 1.54) is 23.1 Å². The Bertz CT molecular complexity index is 1410. The van der Waals surface area contributed by atoms with Crippen LogP contribution < -0.4 is 4.90 Å². The Morgan fingerprint density at radius 1 is 1.31 bits per heavy atom. The monoisotopic (exact) mass is 580 g/mol. The van der Waals surface area contributed by atoms with Gasteiger partial charge in [-0.2, -0.15) is 0 Å². The molecule has 1 aromatic heterocycles. The van der Waals surface area contributed by atoms with Crippen molar-refractivity contribution in [2.75, 3.05) is 31.6 Å². The number of anilines is 1. The van der Waals surface area contributed by atoms with E-state index in [1.54, 1.807) is 18.2 Å². The lowest BCUT2D eigenvalue weighted by Crippen LogP contribution is -2.55. The van der Waals surface area contributed by atoms with Crippen molar-refractivity contribution in [1.82, 2.24) is 14.8 Å². The number of carbonyl (C=O) groups is 2. The Hall–Kier alpha value is -4.15. The number of hydrogen-bond donors (Lipinski definition) is 1. The number of aliphatic imine (C=N–C) groups is 2. The van der Waals surface area contributed by atoms with Crippen LogP contribution in [0.2, 0.25) is 0 Å². The molecule has 0 saturated carbocycles. The maximum atomic E-state index is 15.9. The summed E-state index contributed by atoms with van der Waals surface area (Å²) in [6.45, 7) is 12.5. The van der Waals surface area contributed by atoms with Gasteiger partial charge >= 0.3 is 0 Å². The van der Waals surface area contributed by atoms with Crippen LogP contribution in [-0.2, 0) is 9.59 Å². The normalized spacial score (nSPS) is 23.1. The molecule has 9 nitrogen and oxygen atoms in total. The first-order chi connectivity index (χ1) is 20.0. The number of rotatable bonds is 7. The van der Waals surface area contributed by atoms with Crippen molar-refractivity contribution in [3.8, 4) is 0 Å². The Balaban J connectivity index is 1.91. The molecule has 224 valence electrons. The highest BCUT2D eigenvalue weighted by Crippen LogP contribution is 2.37. The molecule has 2 aliphatic heterocycles. The number of aromatic nitrogens is 1. The molecule has 3 atom stereocenters. The second kappa shape index (κ2) is 12.8. The average Bonchev–Trinajstić information content (AvgIpc) is 2.96. The molecule has 0 aromatic carbocycles. The van der Waals surface area contributed by atoms with Crippen LogP contribution in [0.1, 0.15) is 51.8 Å². The van der Waals surface area contributed by atoms with Gasteiger partial charge in [0.1, 0.15) is 28.9 Å². The molecule has 3 heterocycles. The lowest BCUT2D eigenvalue weighted by molar-refractivity contribution is -0.128. The number of aliphatic hydroxyl groups excluding tert-OH is 1. The predicted molar refractivity (Wildman–Crippen MR) is 161 cm³/mol. The van der Waals surface area contributed by atoms with Gasteiger partial charge in [-0.25, -0.2) is 13.8 Å². The molecule has 1 fully saturated rings. The van der Waals surface area contributed by atoms with E-state index in [0.29, 0.717) is 31.9 Å². The first-order valence-electron chi connectivity index (χ1n) is 14.1. The Labute approximate surface area is 245 Å². The van der Waals surface area contributed by atoms with Gasteiger partial charge in [0, 0.05) is 45.4 Å². The van der Waals surface area contributed by atoms with Crippen LogP contribution in [0.15, 0.2) is 58.0 Å². The van der Waals surface area contributed by atoms with Gasteiger partial charge in [0.2, 0.25) is 12.3 Å². The highest BCUT2D eigenvalue weighted by molar-refractivity contribution is 6.05. The van der Waals surface area contributed by atoms with Gasteiger partial charge in [-0.3, -0.25) is 24.5 Å². The van der Waals surface area contributed by atoms with Crippen molar-refractivity contribution in [2.45, 2.75) is 58.7 Å². The van der Waals surface area contributed by atoms with Gasteiger partial charge in [0.25, 0.3) is 0 Å². The molecule has 1 saturated heterocycles. The second-order valence-corrected chi connectivity index (χ2v) is 11.1. The van der Waals surface area contributed by atoms with Gasteiger partial charge in [-0.05, 0) is 56.1 Å². The third kappa shape index (κ3) is 5.77. The van der Waals surface area contributed by atoms with E-state index < -0.39 is 23.4 Å². The minimum atomic E-state index is -0.866. The molecule has 0 radical (unpaired) electrons. The molecule has 11 heteroatoms. The first-order valence-corrected chi connectivity index (χ1v) is 14.1. The largest absolute Gasteiger partial charge is 0.511 e. The van der Waals surface area contributed by atoms with Crippen LogP contribution in [0, 0.1) is 11.7 Å². The molecule has 1 aromatic rings. The van der Waals surface area contributed by atoms with Crippen molar-refractivity contribution in [1.29, 1.82) is 0 Å². The summed E-state index contributed by atoms with van der Waals surface area (Å²) in [6.07, 6.45) is 7.12. The summed E-state index contributed by atoms with van der Waals surface area (Å²) in [7, 11) is 1.56. The highest BCUT2D eigenvalue weighted by Gasteiger charge is 2.38. The smallest absolute Gasteiger partial charge is 0.246 e. The van der Waals surface area contributed by atoms with Crippen molar-refractivity contribution >= 4 is 35.8 Å². The molecule has 3 unspecified atom stereocenters. The van der Waals surface area contributed by atoms with Gasteiger partial charge in [-0.1, -0.05) is 20.4 Å². The standard InChI is InChI=1S/C31H38F2N6O3/c1-7-25(42)37-13-14-38(20(5)16-37)30(34-6)21-15-23(33)28(26-22(32)9-8-10-24(26)41)36-31(21)39(17-40)29-19(4)11-12-35-27(29)18(2)3/h7,9,11-12,15,17-18,20,27,29,41H,1,8,10,13-14,16H2,2-6H3. The molecule has 42 heavy (non-hydrogen) atoms. The molecule has 2 amide bonds. The maximum Gasteiger partial charge on any atom is 0.246 e. The van der Waals surface area contributed by atoms with Gasteiger partial charge in [0.15, 0.2) is 5.82 Å². The van der Waals surface area contributed by atoms with E-state index in [-0.39, 0.29) is 59.5 Å². The Morgan fingerprint density at radius 2 is 2.05 bits per heavy atom. The molecule has 1 N–H and O–H groups in total. The Morgan fingerprint density at radius 3 is 2.64 bits per heavy atom. The summed E-state index contributed by atoms with van der Waals surface area (Å²) in [5.41, 5.74) is 0.358. The van der Waals surface area contributed by atoms with Crippen molar-refractivity contribution < 1.29 is 23.5 Å². The molecular weight excluding hydrogens is 542 g/mol. The summed E-state index contributed by atoms with van der Waals surface area (Å²) in [5.74, 6) is -1.66. The summed E-state index contributed by atoms with van der Waals surface area (Å²) < 4.78 is 31.0. The van der Waals surface area contributed by atoms with E-state index >= 15 is 8.78 Å². The Kier molecular flexibility index (Phi) is 9.38. The van der Waals surface area contributed by atoms with Gasteiger partial charge in [0.05, 0.1) is 23.2 Å². The zero-order valence-electron chi connectivity index (χ0n) is 24.7. The SMILES string of the molecule is C=CC(=O)N1CCN(C(=NC)c2cc(F)c(C3=C(O)CCC=C3F)nc2N(C=O)C2C(C)=CC=NC2C(C)C)C(C)C1. The zero-order valence-corrected chi connectivity index (χ0v) is 24.7. The van der Waals surface area contributed by atoms with E-state index in [4.69, 9.17) is 0 Å². The van der Waals surface area contributed by atoms with Crippen LogP contribution in [0.5, 0.6) is 0 Å². The fraction of sp³-hybridized carbons (Fsp3) is 0.452. The molecule has 0 spiro atoms. The third-order valence-electron chi connectivity index (χ3n) is 7.99. The van der Waals surface area contributed by atoms with E-state index in [2.05, 4.69) is 21.5 Å². The number of allylic oxidation sites excluding steroid dienone is 5. The molecule has 0 bridgehead atoms. The van der Waals surface area contributed by atoms with Gasteiger partial charge in [-0.15, -0.1) is 0 Å². The molecule has 4 rings (SSSR count). The summed E-state index contributed by atoms with van der Waals surface area (Å²) >= 11 is 0. The number of pyridine rings is 1. The average molecular weight is 581 g/mol. The van der Waals surface area contributed by atoms with Crippen LogP contribution in [0.3, 0.4) is 0 Å². The van der Waals surface area contributed by atoms with E-state index in [9.17, 15) is 14.7 Å². The van der Waals surface area contributed by atoms with E-state index in [1.807, 2.05) is 38.7 Å². The zero-order chi connectivity index (χ0) is 30.7. The summed E-state index contributed by atoms with van der Waals surface area (Å²) in [6, 6.07) is 0.111. The van der Waals surface area contributed by atoms with Crippen molar-refractivity contribution in [3.63, 3.8) is 0 Å². The molecule has 1 aliphatic carbocycles. The quantitative estimate of drug-likeness (QED) is 0.220. The lowest BCUT2D eigenvalue weighted by Gasteiger charge is -2.42. The molecular formula is C31H38F2N6O3. The van der Waals surface area contributed by atoms with Crippen molar-refractivity contribution in [3.05, 3.63) is 65.1 Å². The number of aliphatic hydroxyl groups is 1. The van der Waals surface area contributed by atoms with Crippen molar-refractivity contribution in [2.24, 2.45) is 15.9 Å². The third-order valence-corrected chi connectivity index (χ3v) is 7.99. The topological polar surface area (TPSA) is 102 Å². The number of piperazine rings is 1. The number of halogens is 2. The maximum absolute atomic E-state index is 15.9. The first kappa shape index (κ1) is 30.8. The van der Waals surface area contributed by atoms with Crippen LogP contribution in [0.25, 0.3) is 5.57 Å². The van der Waals surface area contributed by atoms with Crippen LogP contribution >= 0.6 is 0 Å². The van der Waals surface area contributed by atoms with Crippen LogP contribution in [-0.4, -0.2) is 89.1 Å². The number of dihydropyridines is 1. The highest BCUT2D eigenvalue weighted by atomic mass is 19.1. The van der Waals surface area contributed by atoms with Crippen LogP contribution in [0.4, 0.5) is 14.6 Å². The number of hydrogen-bond acceptors (Lipinski definition) is 6.